The third-order valence-corrected chi connectivity index (χ3v) is 4.86. The van der Waals surface area contributed by atoms with E-state index < -0.39 is 0 Å². The number of hydrogen-bond donors (Lipinski definition) is 1. The monoisotopic (exact) mass is 283 g/mol. The Morgan fingerprint density at radius 2 is 1.95 bits per heavy atom. The van der Waals surface area contributed by atoms with Crippen LogP contribution in [-0.4, -0.2) is 74.9 Å². The summed E-state index contributed by atoms with van der Waals surface area (Å²) < 4.78 is 5.52. The Hall–Kier alpha value is -0.160. The minimum Gasteiger partial charge on any atom is -0.380 e. The second-order valence-corrected chi connectivity index (χ2v) is 6.25. The van der Waals surface area contributed by atoms with Gasteiger partial charge in [-0.15, -0.1) is 0 Å². The first-order valence-corrected chi connectivity index (χ1v) is 8.58. The minimum atomic E-state index is 0.728. The quantitative estimate of drug-likeness (QED) is 0.715. The van der Waals surface area contributed by atoms with Crippen molar-refractivity contribution in [3.05, 3.63) is 0 Å². The zero-order valence-electron chi connectivity index (χ0n) is 13.4. The first-order chi connectivity index (χ1) is 9.83. The lowest BCUT2D eigenvalue weighted by Crippen LogP contribution is -2.54. The highest BCUT2D eigenvalue weighted by molar-refractivity contribution is 4.83. The molecule has 1 atom stereocenters. The van der Waals surface area contributed by atoms with Gasteiger partial charge in [0, 0.05) is 45.4 Å². The largest absolute Gasteiger partial charge is 0.380 e. The van der Waals surface area contributed by atoms with E-state index in [2.05, 4.69) is 29.0 Å². The molecule has 2 fully saturated rings. The van der Waals surface area contributed by atoms with E-state index in [1.54, 1.807) is 0 Å². The summed E-state index contributed by atoms with van der Waals surface area (Å²) in [6.45, 7) is 14.7. The summed E-state index contributed by atoms with van der Waals surface area (Å²) in [4.78, 5) is 5.34. The summed E-state index contributed by atoms with van der Waals surface area (Å²) in [6, 6.07) is 0.728. The van der Waals surface area contributed by atoms with Gasteiger partial charge in [0.1, 0.15) is 0 Å². The van der Waals surface area contributed by atoms with Crippen LogP contribution >= 0.6 is 0 Å². The van der Waals surface area contributed by atoms with E-state index in [4.69, 9.17) is 4.74 Å². The maximum Gasteiger partial charge on any atom is 0.0593 e. The first-order valence-electron chi connectivity index (χ1n) is 8.58. The summed E-state index contributed by atoms with van der Waals surface area (Å²) >= 11 is 0. The molecule has 2 saturated heterocycles. The summed E-state index contributed by atoms with van der Waals surface area (Å²) in [5, 5.41) is 3.47. The van der Waals surface area contributed by atoms with Crippen LogP contribution in [0.4, 0.5) is 0 Å². The zero-order chi connectivity index (χ0) is 14.2. The molecule has 0 amide bonds. The Balaban J connectivity index is 1.72. The number of ether oxygens (including phenoxy) is 1. The zero-order valence-corrected chi connectivity index (χ0v) is 13.4. The molecule has 2 rings (SSSR count). The summed E-state index contributed by atoms with van der Waals surface area (Å²) in [6.07, 6.45) is 3.98. The van der Waals surface area contributed by atoms with E-state index in [0.717, 1.165) is 31.7 Å². The summed E-state index contributed by atoms with van der Waals surface area (Å²) in [5.41, 5.74) is 0. The van der Waals surface area contributed by atoms with Crippen LogP contribution in [0, 0.1) is 5.92 Å². The second kappa shape index (κ2) is 8.98. The van der Waals surface area contributed by atoms with Gasteiger partial charge < -0.3 is 15.0 Å². The van der Waals surface area contributed by atoms with Crippen LogP contribution in [0.5, 0.6) is 0 Å². The molecule has 0 aliphatic carbocycles. The maximum absolute atomic E-state index is 5.52. The van der Waals surface area contributed by atoms with Gasteiger partial charge in [0.2, 0.25) is 0 Å². The highest BCUT2D eigenvalue weighted by Gasteiger charge is 2.27. The van der Waals surface area contributed by atoms with Gasteiger partial charge in [-0.25, -0.2) is 0 Å². The topological polar surface area (TPSA) is 27.7 Å². The molecule has 1 N–H and O–H groups in total. The number of nitrogens with one attached hydrogen (secondary N) is 1. The average Bonchev–Trinajstić information content (AvgIpc) is 2.50. The molecule has 0 spiro atoms. The molecule has 0 aromatic carbocycles. The van der Waals surface area contributed by atoms with E-state index in [1.165, 1.54) is 58.5 Å². The van der Waals surface area contributed by atoms with Gasteiger partial charge in [0.25, 0.3) is 0 Å². The lowest BCUT2D eigenvalue weighted by Gasteiger charge is -2.42. The van der Waals surface area contributed by atoms with Gasteiger partial charge in [-0.3, -0.25) is 4.90 Å². The molecule has 0 aromatic heterocycles. The van der Waals surface area contributed by atoms with Crippen molar-refractivity contribution in [1.29, 1.82) is 0 Å². The highest BCUT2D eigenvalue weighted by Crippen LogP contribution is 2.18. The van der Waals surface area contributed by atoms with Crippen molar-refractivity contribution in [2.24, 2.45) is 5.92 Å². The van der Waals surface area contributed by atoms with Crippen molar-refractivity contribution in [2.45, 2.75) is 39.2 Å². The molecule has 2 aliphatic rings. The third-order valence-electron chi connectivity index (χ3n) is 4.86. The molecule has 118 valence electrons. The van der Waals surface area contributed by atoms with Gasteiger partial charge >= 0.3 is 0 Å². The predicted molar refractivity (Wildman–Crippen MR) is 84.2 cm³/mol. The van der Waals surface area contributed by atoms with Gasteiger partial charge in [0.05, 0.1) is 6.61 Å². The fourth-order valence-corrected chi connectivity index (χ4v) is 3.56. The minimum absolute atomic E-state index is 0.728. The molecule has 1 unspecified atom stereocenters. The van der Waals surface area contributed by atoms with E-state index in [-0.39, 0.29) is 0 Å². The molecule has 0 bridgehead atoms. The normalized spacial score (nSPS) is 27.0. The molecule has 0 saturated carbocycles. The maximum atomic E-state index is 5.52. The number of nitrogens with zero attached hydrogens (tertiary/aromatic N) is 2. The fourth-order valence-electron chi connectivity index (χ4n) is 3.56. The van der Waals surface area contributed by atoms with Crippen molar-refractivity contribution < 1.29 is 4.74 Å². The van der Waals surface area contributed by atoms with Gasteiger partial charge in [-0.1, -0.05) is 6.92 Å². The van der Waals surface area contributed by atoms with Crippen molar-refractivity contribution in [1.82, 2.24) is 15.1 Å². The Kier molecular flexibility index (Phi) is 7.28. The molecule has 20 heavy (non-hydrogen) atoms. The first kappa shape index (κ1) is 16.2. The van der Waals surface area contributed by atoms with Crippen LogP contribution in [-0.2, 0) is 4.74 Å². The number of piperidine rings is 1. The lowest BCUT2D eigenvalue weighted by molar-refractivity contribution is 0.0339. The van der Waals surface area contributed by atoms with Crippen molar-refractivity contribution in [2.75, 3.05) is 59.0 Å². The standard InChI is InChI=1S/C16H33N3O/c1-3-16-14-18(13-15-5-7-17-8-6-15)9-10-19(16)11-12-20-4-2/h15-17H,3-14H2,1-2H3. The van der Waals surface area contributed by atoms with Gasteiger partial charge in [-0.2, -0.15) is 0 Å². The molecular weight excluding hydrogens is 250 g/mol. The molecular formula is C16H33N3O. The number of rotatable bonds is 7. The Morgan fingerprint density at radius 3 is 2.65 bits per heavy atom. The SMILES string of the molecule is CCOCCN1CCN(CC2CCNCC2)CC1CC. The average molecular weight is 283 g/mol. The fraction of sp³-hybridized carbons (Fsp3) is 1.00. The Morgan fingerprint density at radius 1 is 1.15 bits per heavy atom. The lowest BCUT2D eigenvalue weighted by atomic mass is 9.96. The summed E-state index contributed by atoms with van der Waals surface area (Å²) in [7, 11) is 0. The van der Waals surface area contributed by atoms with Gasteiger partial charge in [0.15, 0.2) is 0 Å². The van der Waals surface area contributed by atoms with E-state index in [0.29, 0.717) is 0 Å². The van der Waals surface area contributed by atoms with Crippen LogP contribution in [0.15, 0.2) is 0 Å². The molecule has 0 aromatic rings. The molecule has 2 aliphatic heterocycles. The van der Waals surface area contributed by atoms with Crippen LogP contribution in [0.3, 0.4) is 0 Å². The molecule has 0 radical (unpaired) electrons. The van der Waals surface area contributed by atoms with E-state index >= 15 is 0 Å². The predicted octanol–water partition coefficient (Wildman–Crippen LogP) is 1.42. The van der Waals surface area contributed by atoms with Crippen molar-refractivity contribution in [3.63, 3.8) is 0 Å². The Bertz CT molecular complexity index is 256. The second-order valence-electron chi connectivity index (χ2n) is 6.25. The van der Waals surface area contributed by atoms with Crippen LogP contribution < -0.4 is 5.32 Å². The van der Waals surface area contributed by atoms with E-state index in [1.807, 2.05) is 0 Å². The van der Waals surface area contributed by atoms with Crippen LogP contribution in [0.2, 0.25) is 0 Å². The Labute approximate surface area is 124 Å². The number of piperazine rings is 1. The molecule has 2 heterocycles. The molecule has 4 nitrogen and oxygen atoms in total. The number of hydrogen-bond acceptors (Lipinski definition) is 4. The van der Waals surface area contributed by atoms with Crippen LogP contribution in [0.25, 0.3) is 0 Å². The van der Waals surface area contributed by atoms with E-state index in [9.17, 15) is 0 Å². The van der Waals surface area contributed by atoms with Crippen LogP contribution in [0.1, 0.15) is 33.1 Å². The smallest absolute Gasteiger partial charge is 0.0593 e. The van der Waals surface area contributed by atoms with Crippen molar-refractivity contribution in [3.8, 4) is 0 Å². The molecule has 4 heteroatoms. The van der Waals surface area contributed by atoms with Crippen molar-refractivity contribution >= 4 is 0 Å². The summed E-state index contributed by atoms with van der Waals surface area (Å²) in [5.74, 6) is 0.920. The highest BCUT2D eigenvalue weighted by atomic mass is 16.5. The third kappa shape index (κ3) is 4.99. The van der Waals surface area contributed by atoms with Gasteiger partial charge in [-0.05, 0) is 45.2 Å².